The van der Waals surface area contributed by atoms with Gasteiger partial charge in [-0.2, -0.15) is 0 Å². The van der Waals surface area contributed by atoms with E-state index in [-0.39, 0.29) is 22.8 Å². The minimum absolute atomic E-state index is 0.116. The van der Waals surface area contributed by atoms with Crippen molar-refractivity contribution in [3.8, 4) is 17.2 Å². The molecule has 0 saturated heterocycles. The van der Waals surface area contributed by atoms with Crippen LogP contribution in [0.25, 0.3) is 11.6 Å². The zero-order chi connectivity index (χ0) is 20.1. The largest absolute Gasteiger partial charge is 0.506 e. The number of halogens is 1. The number of carbonyl (C=O) groups is 1. The number of methoxy groups -OCH3 is 2. The lowest BCUT2D eigenvalue weighted by Crippen LogP contribution is -2.20. The number of aromatic hydroxyl groups is 1. The SMILES string of the molecule is COc1cc(OC)c(C2=CCNCC2)c(O)c1C(=O)/C=C/c1ccc(Br)cc1. The highest BCUT2D eigenvalue weighted by Crippen LogP contribution is 2.43. The molecule has 0 saturated carbocycles. The third-order valence-corrected chi connectivity index (χ3v) is 5.13. The predicted molar refractivity (Wildman–Crippen MR) is 114 cm³/mol. The number of ketones is 1. The highest BCUT2D eigenvalue weighted by Gasteiger charge is 2.25. The summed E-state index contributed by atoms with van der Waals surface area (Å²) in [5.41, 5.74) is 2.50. The van der Waals surface area contributed by atoms with Gasteiger partial charge in [0.15, 0.2) is 5.78 Å². The molecule has 2 aromatic rings. The van der Waals surface area contributed by atoms with E-state index in [4.69, 9.17) is 9.47 Å². The number of ether oxygens (including phenoxy) is 2. The molecule has 28 heavy (non-hydrogen) atoms. The van der Waals surface area contributed by atoms with E-state index in [1.165, 1.54) is 20.3 Å². The summed E-state index contributed by atoms with van der Waals surface area (Å²) in [6.07, 6.45) is 5.88. The summed E-state index contributed by atoms with van der Waals surface area (Å²) >= 11 is 3.39. The molecule has 0 aromatic heterocycles. The lowest BCUT2D eigenvalue weighted by Gasteiger charge is -2.20. The fraction of sp³-hybridized carbons (Fsp3) is 0.227. The molecule has 146 valence electrons. The van der Waals surface area contributed by atoms with Gasteiger partial charge < -0.3 is 19.9 Å². The van der Waals surface area contributed by atoms with Crippen molar-refractivity contribution in [3.05, 3.63) is 63.6 Å². The molecular formula is C22H22BrNO4. The van der Waals surface area contributed by atoms with Gasteiger partial charge in [-0.05, 0) is 42.3 Å². The Morgan fingerprint density at radius 2 is 1.89 bits per heavy atom. The molecule has 5 nitrogen and oxygen atoms in total. The number of rotatable bonds is 6. The van der Waals surface area contributed by atoms with Gasteiger partial charge in [0.05, 0.1) is 19.8 Å². The van der Waals surface area contributed by atoms with Crippen molar-refractivity contribution in [2.24, 2.45) is 0 Å². The van der Waals surface area contributed by atoms with Crippen LogP contribution < -0.4 is 14.8 Å². The van der Waals surface area contributed by atoms with E-state index in [0.29, 0.717) is 17.9 Å². The number of hydrogen-bond donors (Lipinski definition) is 2. The maximum atomic E-state index is 12.9. The average molecular weight is 444 g/mol. The summed E-state index contributed by atoms with van der Waals surface area (Å²) in [5.74, 6) is 0.305. The van der Waals surface area contributed by atoms with Gasteiger partial charge in [0, 0.05) is 17.1 Å². The van der Waals surface area contributed by atoms with Crippen molar-refractivity contribution in [2.45, 2.75) is 6.42 Å². The van der Waals surface area contributed by atoms with Crippen LogP contribution in [0.3, 0.4) is 0 Å². The maximum Gasteiger partial charge on any atom is 0.193 e. The Labute approximate surface area is 172 Å². The van der Waals surface area contributed by atoms with Crippen molar-refractivity contribution < 1.29 is 19.4 Å². The summed E-state index contributed by atoms with van der Waals surface area (Å²) in [6, 6.07) is 9.24. The molecule has 0 amide bonds. The minimum Gasteiger partial charge on any atom is -0.506 e. The van der Waals surface area contributed by atoms with Crippen molar-refractivity contribution in [1.29, 1.82) is 0 Å². The van der Waals surface area contributed by atoms with Crippen LogP contribution in [-0.2, 0) is 0 Å². The van der Waals surface area contributed by atoms with Gasteiger partial charge in [0.25, 0.3) is 0 Å². The summed E-state index contributed by atoms with van der Waals surface area (Å²) in [7, 11) is 3.00. The van der Waals surface area contributed by atoms with Crippen LogP contribution in [0.4, 0.5) is 0 Å². The number of benzene rings is 2. The number of carbonyl (C=O) groups excluding carboxylic acids is 1. The van der Waals surface area contributed by atoms with E-state index in [2.05, 4.69) is 21.2 Å². The first-order valence-corrected chi connectivity index (χ1v) is 9.70. The molecule has 3 rings (SSSR count). The van der Waals surface area contributed by atoms with Crippen LogP contribution in [0.2, 0.25) is 0 Å². The summed E-state index contributed by atoms with van der Waals surface area (Å²) in [4.78, 5) is 12.9. The molecule has 2 N–H and O–H groups in total. The summed E-state index contributed by atoms with van der Waals surface area (Å²) in [5, 5.41) is 14.2. The van der Waals surface area contributed by atoms with E-state index in [0.717, 1.165) is 28.6 Å². The summed E-state index contributed by atoms with van der Waals surface area (Å²) in [6.45, 7) is 1.50. The maximum absolute atomic E-state index is 12.9. The van der Waals surface area contributed by atoms with E-state index < -0.39 is 0 Å². The standard InChI is InChI=1S/C22H22BrNO4/c1-27-18-13-19(28-2)21(22(26)20(18)15-9-11-24-12-10-15)17(25)8-5-14-3-6-16(23)7-4-14/h3-9,13,24,26H,10-12H2,1-2H3/b8-5+. The highest BCUT2D eigenvalue weighted by atomic mass is 79.9. The van der Waals surface area contributed by atoms with Gasteiger partial charge in [0.1, 0.15) is 22.8 Å². The first kappa shape index (κ1) is 20.2. The Hall–Kier alpha value is -2.57. The molecule has 0 unspecified atom stereocenters. The van der Waals surface area contributed by atoms with Crippen molar-refractivity contribution >= 4 is 33.4 Å². The lowest BCUT2D eigenvalue weighted by atomic mass is 9.93. The molecule has 1 heterocycles. The van der Waals surface area contributed by atoms with Crippen molar-refractivity contribution in [1.82, 2.24) is 5.32 Å². The van der Waals surface area contributed by atoms with Gasteiger partial charge in [-0.25, -0.2) is 0 Å². The average Bonchev–Trinajstić information content (AvgIpc) is 2.72. The number of phenols is 1. The first-order valence-electron chi connectivity index (χ1n) is 8.91. The third-order valence-electron chi connectivity index (χ3n) is 4.60. The smallest absolute Gasteiger partial charge is 0.193 e. The Kier molecular flexibility index (Phi) is 6.54. The third kappa shape index (κ3) is 4.29. The van der Waals surface area contributed by atoms with Gasteiger partial charge in [-0.15, -0.1) is 0 Å². The fourth-order valence-corrected chi connectivity index (χ4v) is 3.44. The molecule has 0 aliphatic carbocycles. The Bertz CT molecular complexity index is 933. The highest BCUT2D eigenvalue weighted by molar-refractivity contribution is 9.10. The molecule has 0 radical (unpaired) electrons. The van der Waals surface area contributed by atoms with Crippen molar-refractivity contribution in [2.75, 3.05) is 27.3 Å². The van der Waals surface area contributed by atoms with Crippen LogP contribution in [0.5, 0.6) is 17.2 Å². The van der Waals surface area contributed by atoms with E-state index in [1.807, 2.05) is 30.3 Å². The second-order valence-electron chi connectivity index (χ2n) is 6.31. The van der Waals surface area contributed by atoms with Crippen LogP contribution in [0, 0.1) is 0 Å². The van der Waals surface area contributed by atoms with Crippen LogP contribution in [0.15, 0.2) is 47.0 Å². The molecule has 2 aromatic carbocycles. The molecule has 0 atom stereocenters. The zero-order valence-corrected chi connectivity index (χ0v) is 17.4. The number of phenolic OH excluding ortho intramolecular Hbond substituents is 1. The molecule has 1 aliphatic rings. The lowest BCUT2D eigenvalue weighted by molar-refractivity contribution is 0.104. The fourth-order valence-electron chi connectivity index (χ4n) is 3.17. The van der Waals surface area contributed by atoms with Crippen LogP contribution >= 0.6 is 15.9 Å². The topological polar surface area (TPSA) is 67.8 Å². The molecular weight excluding hydrogens is 422 g/mol. The quantitative estimate of drug-likeness (QED) is 0.509. The number of hydrogen-bond acceptors (Lipinski definition) is 5. The minimum atomic E-state index is -0.337. The second-order valence-corrected chi connectivity index (χ2v) is 7.23. The van der Waals surface area contributed by atoms with E-state index >= 15 is 0 Å². The van der Waals surface area contributed by atoms with Gasteiger partial charge in [-0.1, -0.05) is 40.2 Å². The molecule has 0 spiro atoms. The zero-order valence-electron chi connectivity index (χ0n) is 15.8. The van der Waals surface area contributed by atoms with Crippen molar-refractivity contribution in [3.63, 3.8) is 0 Å². The molecule has 0 fully saturated rings. The Morgan fingerprint density at radius 1 is 1.18 bits per heavy atom. The molecule has 1 aliphatic heterocycles. The first-order chi connectivity index (χ1) is 13.5. The monoisotopic (exact) mass is 443 g/mol. The van der Waals surface area contributed by atoms with Crippen LogP contribution in [-0.4, -0.2) is 38.2 Å². The second kappa shape index (κ2) is 9.08. The molecule has 0 bridgehead atoms. The molecule has 6 heteroatoms. The van der Waals surface area contributed by atoms with E-state index in [1.54, 1.807) is 12.1 Å². The van der Waals surface area contributed by atoms with E-state index in [9.17, 15) is 9.90 Å². The Balaban J connectivity index is 2.04. The summed E-state index contributed by atoms with van der Waals surface area (Å²) < 4.78 is 11.8. The number of allylic oxidation sites excluding steroid dienone is 1. The van der Waals surface area contributed by atoms with Gasteiger partial charge >= 0.3 is 0 Å². The number of nitrogens with one attached hydrogen (secondary N) is 1. The predicted octanol–water partition coefficient (Wildman–Crippen LogP) is 4.44. The van der Waals surface area contributed by atoms with Gasteiger partial charge in [-0.3, -0.25) is 4.79 Å². The Morgan fingerprint density at radius 3 is 2.50 bits per heavy atom. The van der Waals surface area contributed by atoms with Gasteiger partial charge in [0.2, 0.25) is 0 Å². The van der Waals surface area contributed by atoms with Crippen LogP contribution in [0.1, 0.15) is 27.9 Å². The normalized spacial score (nSPS) is 14.0.